The van der Waals surface area contributed by atoms with Crippen LogP contribution >= 0.6 is 15.9 Å². The van der Waals surface area contributed by atoms with E-state index in [0.717, 1.165) is 19.4 Å². The number of hydrogen-bond acceptors (Lipinski definition) is 4. The number of benzene rings is 1. The molecule has 2 rings (SSSR count). The summed E-state index contributed by atoms with van der Waals surface area (Å²) >= 11 is 3.30. The van der Waals surface area contributed by atoms with Gasteiger partial charge in [0.05, 0.1) is 16.0 Å². The Kier molecular flexibility index (Phi) is 5.15. The predicted molar refractivity (Wildman–Crippen MR) is 76.6 cm³/mol. The lowest BCUT2D eigenvalue weighted by Crippen LogP contribution is -2.35. The molecule has 0 radical (unpaired) electrons. The van der Waals surface area contributed by atoms with E-state index in [1.165, 1.54) is 18.9 Å². The lowest BCUT2D eigenvalue weighted by atomic mass is 10.0. The Morgan fingerprint density at radius 3 is 3.00 bits per heavy atom. The maximum Gasteiger partial charge on any atom is 0.312 e. The average molecular weight is 329 g/mol. The van der Waals surface area contributed by atoms with Crippen molar-refractivity contribution in [1.29, 1.82) is 0 Å². The van der Waals surface area contributed by atoms with Crippen LogP contribution in [0.5, 0.6) is 5.75 Å². The van der Waals surface area contributed by atoms with Crippen molar-refractivity contribution in [3.63, 3.8) is 0 Å². The smallest absolute Gasteiger partial charge is 0.312 e. The minimum absolute atomic E-state index is 0.00554. The van der Waals surface area contributed by atoms with Gasteiger partial charge in [-0.2, -0.15) is 0 Å². The zero-order valence-corrected chi connectivity index (χ0v) is 12.2. The Morgan fingerprint density at radius 1 is 1.47 bits per heavy atom. The molecule has 104 valence electrons. The number of nitro benzene ring substituents is 1. The van der Waals surface area contributed by atoms with Crippen molar-refractivity contribution in [2.45, 2.75) is 31.7 Å². The highest BCUT2D eigenvalue weighted by Gasteiger charge is 2.19. The molecule has 6 heteroatoms. The van der Waals surface area contributed by atoms with Gasteiger partial charge in [0.2, 0.25) is 5.75 Å². The molecular formula is C13H17BrN2O3. The number of halogens is 1. The lowest BCUT2D eigenvalue weighted by Gasteiger charge is -2.23. The standard InChI is InChI=1S/C13H17BrN2O3/c14-11-5-3-6-12(16(17)18)13(11)19-9-7-10-4-1-2-8-15-10/h3,5-6,10,15H,1-2,4,7-9H2. The highest BCUT2D eigenvalue weighted by Crippen LogP contribution is 2.34. The highest BCUT2D eigenvalue weighted by molar-refractivity contribution is 9.10. The summed E-state index contributed by atoms with van der Waals surface area (Å²) in [5, 5.41) is 14.4. The number of rotatable bonds is 5. The monoisotopic (exact) mass is 328 g/mol. The number of nitrogens with zero attached hydrogens (tertiary/aromatic N) is 1. The van der Waals surface area contributed by atoms with Crippen molar-refractivity contribution in [2.24, 2.45) is 0 Å². The Bertz CT molecular complexity index is 448. The molecule has 1 saturated heterocycles. The Morgan fingerprint density at radius 2 is 2.32 bits per heavy atom. The summed E-state index contributed by atoms with van der Waals surface area (Å²) in [6.45, 7) is 1.54. The van der Waals surface area contributed by atoms with Crippen LogP contribution in [0.4, 0.5) is 5.69 Å². The minimum atomic E-state index is -0.418. The zero-order valence-electron chi connectivity index (χ0n) is 10.6. The van der Waals surface area contributed by atoms with E-state index in [4.69, 9.17) is 4.74 Å². The summed E-state index contributed by atoms with van der Waals surface area (Å²) in [5.41, 5.74) is 0.00554. The maximum atomic E-state index is 10.9. The summed E-state index contributed by atoms with van der Waals surface area (Å²) in [6, 6.07) is 5.31. The molecule has 0 amide bonds. The van der Waals surface area contributed by atoms with E-state index in [1.807, 2.05) is 0 Å². The Balaban J connectivity index is 1.93. The van der Waals surface area contributed by atoms with Gasteiger partial charge < -0.3 is 10.1 Å². The van der Waals surface area contributed by atoms with Gasteiger partial charge in [-0.15, -0.1) is 0 Å². The second-order valence-electron chi connectivity index (χ2n) is 4.63. The van der Waals surface area contributed by atoms with Gasteiger partial charge in [0.15, 0.2) is 0 Å². The van der Waals surface area contributed by atoms with E-state index in [-0.39, 0.29) is 5.69 Å². The quantitative estimate of drug-likeness (QED) is 0.665. The molecule has 0 bridgehead atoms. The van der Waals surface area contributed by atoms with Crippen LogP contribution in [0.3, 0.4) is 0 Å². The summed E-state index contributed by atoms with van der Waals surface area (Å²) in [6.07, 6.45) is 4.50. The van der Waals surface area contributed by atoms with E-state index in [9.17, 15) is 10.1 Å². The summed E-state index contributed by atoms with van der Waals surface area (Å²) in [7, 11) is 0. The molecule has 1 aliphatic heterocycles. The largest absolute Gasteiger partial charge is 0.486 e. The first kappa shape index (κ1) is 14.3. The molecule has 0 aromatic heterocycles. The SMILES string of the molecule is O=[N+]([O-])c1cccc(Br)c1OCCC1CCCCN1. The van der Waals surface area contributed by atoms with E-state index in [1.54, 1.807) is 12.1 Å². The van der Waals surface area contributed by atoms with Crippen LogP contribution in [-0.4, -0.2) is 24.1 Å². The first-order valence-corrected chi connectivity index (χ1v) is 7.27. The van der Waals surface area contributed by atoms with Gasteiger partial charge in [-0.3, -0.25) is 10.1 Å². The molecule has 5 nitrogen and oxygen atoms in total. The molecule has 0 aliphatic carbocycles. The summed E-state index contributed by atoms with van der Waals surface area (Å²) in [4.78, 5) is 10.5. The predicted octanol–water partition coefficient (Wildman–Crippen LogP) is 3.27. The van der Waals surface area contributed by atoms with Crippen molar-refractivity contribution in [1.82, 2.24) is 5.32 Å². The van der Waals surface area contributed by atoms with Crippen molar-refractivity contribution >= 4 is 21.6 Å². The molecule has 1 aromatic rings. The molecule has 1 unspecified atom stereocenters. The zero-order chi connectivity index (χ0) is 13.7. The van der Waals surface area contributed by atoms with Gasteiger partial charge in [0, 0.05) is 12.1 Å². The van der Waals surface area contributed by atoms with Gasteiger partial charge in [0.25, 0.3) is 0 Å². The molecule has 1 N–H and O–H groups in total. The van der Waals surface area contributed by atoms with E-state index < -0.39 is 4.92 Å². The minimum Gasteiger partial charge on any atom is -0.486 e. The molecule has 1 heterocycles. The van der Waals surface area contributed by atoms with Gasteiger partial charge in [-0.25, -0.2) is 0 Å². The third-order valence-electron chi connectivity index (χ3n) is 3.27. The number of ether oxygens (including phenoxy) is 1. The molecule has 1 fully saturated rings. The maximum absolute atomic E-state index is 10.9. The number of nitrogens with one attached hydrogen (secondary N) is 1. The number of hydrogen-bond donors (Lipinski definition) is 1. The van der Waals surface area contributed by atoms with Crippen LogP contribution in [0.1, 0.15) is 25.7 Å². The lowest BCUT2D eigenvalue weighted by molar-refractivity contribution is -0.386. The fourth-order valence-electron chi connectivity index (χ4n) is 2.26. The van der Waals surface area contributed by atoms with Crippen molar-refractivity contribution < 1.29 is 9.66 Å². The van der Waals surface area contributed by atoms with Crippen LogP contribution in [0.25, 0.3) is 0 Å². The van der Waals surface area contributed by atoms with E-state index in [2.05, 4.69) is 21.2 Å². The molecular weight excluding hydrogens is 312 g/mol. The van der Waals surface area contributed by atoms with Crippen molar-refractivity contribution in [3.05, 3.63) is 32.8 Å². The Labute approximate surface area is 120 Å². The molecule has 1 aliphatic rings. The van der Waals surface area contributed by atoms with E-state index in [0.29, 0.717) is 22.9 Å². The van der Waals surface area contributed by atoms with Crippen LogP contribution in [-0.2, 0) is 0 Å². The third-order valence-corrected chi connectivity index (χ3v) is 3.89. The molecule has 1 aromatic carbocycles. The average Bonchev–Trinajstić information content (AvgIpc) is 2.41. The fourth-order valence-corrected chi connectivity index (χ4v) is 2.73. The highest BCUT2D eigenvalue weighted by atomic mass is 79.9. The van der Waals surface area contributed by atoms with Crippen LogP contribution < -0.4 is 10.1 Å². The first-order chi connectivity index (χ1) is 9.18. The van der Waals surface area contributed by atoms with Crippen LogP contribution in [0, 0.1) is 10.1 Å². The summed E-state index contributed by atoms with van der Waals surface area (Å²) < 4.78 is 6.23. The van der Waals surface area contributed by atoms with Gasteiger partial charge in [-0.05, 0) is 47.8 Å². The van der Waals surface area contributed by atoms with Crippen LogP contribution in [0.2, 0.25) is 0 Å². The van der Waals surface area contributed by atoms with Crippen LogP contribution in [0.15, 0.2) is 22.7 Å². The Hall–Kier alpha value is -1.14. The van der Waals surface area contributed by atoms with Gasteiger partial charge >= 0.3 is 5.69 Å². The summed E-state index contributed by atoms with van der Waals surface area (Å²) in [5.74, 6) is 0.323. The second-order valence-corrected chi connectivity index (χ2v) is 5.48. The van der Waals surface area contributed by atoms with Crippen molar-refractivity contribution in [2.75, 3.05) is 13.2 Å². The van der Waals surface area contributed by atoms with Gasteiger partial charge in [0.1, 0.15) is 0 Å². The number of piperidine rings is 1. The van der Waals surface area contributed by atoms with Gasteiger partial charge in [-0.1, -0.05) is 12.5 Å². The molecule has 0 spiro atoms. The fraction of sp³-hybridized carbons (Fsp3) is 0.538. The molecule has 1 atom stereocenters. The van der Waals surface area contributed by atoms with Crippen molar-refractivity contribution in [3.8, 4) is 5.75 Å². The van der Waals surface area contributed by atoms with E-state index >= 15 is 0 Å². The second kappa shape index (κ2) is 6.86. The number of para-hydroxylation sites is 1. The molecule has 0 saturated carbocycles. The normalized spacial score (nSPS) is 19.1. The first-order valence-electron chi connectivity index (χ1n) is 6.47. The molecule has 19 heavy (non-hydrogen) atoms. The third kappa shape index (κ3) is 3.91. The number of nitro groups is 1. The topological polar surface area (TPSA) is 64.4 Å².